The summed E-state index contributed by atoms with van der Waals surface area (Å²) in [6.45, 7) is 0.898. The van der Waals surface area contributed by atoms with Crippen molar-refractivity contribution in [3.8, 4) is 11.5 Å². The molecule has 1 atom stereocenters. The largest absolute Gasteiger partial charge is 0.497 e. The second kappa shape index (κ2) is 7.45. The van der Waals surface area contributed by atoms with Crippen molar-refractivity contribution in [3.05, 3.63) is 58.6 Å². The van der Waals surface area contributed by atoms with Crippen molar-refractivity contribution < 1.29 is 14.3 Å². The molecule has 24 heavy (non-hydrogen) atoms. The van der Waals surface area contributed by atoms with Gasteiger partial charge >= 0.3 is 6.03 Å². The van der Waals surface area contributed by atoms with Crippen LogP contribution in [0.25, 0.3) is 0 Å². The fourth-order valence-corrected chi connectivity index (χ4v) is 2.74. The molecule has 2 aromatic rings. The fraction of sp³-hybridized carbons (Fsp3) is 0.278. The number of fused-ring (bicyclic) bond motifs is 1. The normalized spacial score (nSPS) is 15.8. The van der Waals surface area contributed by atoms with E-state index < -0.39 is 0 Å². The van der Waals surface area contributed by atoms with E-state index in [4.69, 9.17) is 21.1 Å². The molecule has 1 aliphatic rings. The highest BCUT2D eigenvalue weighted by Gasteiger charge is 2.21. The molecule has 0 aliphatic carbocycles. The van der Waals surface area contributed by atoms with Crippen molar-refractivity contribution in [1.29, 1.82) is 0 Å². The van der Waals surface area contributed by atoms with Crippen LogP contribution in [-0.4, -0.2) is 25.8 Å². The number of hydrogen-bond donors (Lipinski definition) is 2. The molecule has 0 spiro atoms. The van der Waals surface area contributed by atoms with E-state index in [1.165, 1.54) is 0 Å². The first kappa shape index (κ1) is 16.5. The van der Waals surface area contributed by atoms with Gasteiger partial charge in [-0.05, 0) is 47.9 Å². The van der Waals surface area contributed by atoms with E-state index in [9.17, 15) is 4.79 Å². The summed E-state index contributed by atoms with van der Waals surface area (Å²) in [7, 11) is 1.63. The average Bonchev–Trinajstić information content (AvgIpc) is 2.60. The molecule has 0 fully saturated rings. The average molecular weight is 347 g/mol. The zero-order valence-electron chi connectivity index (χ0n) is 13.3. The number of hydrogen-bond acceptors (Lipinski definition) is 3. The fourth-order valence-electron chi connectivity index (χ4n) is 2.61. The summed E-state index contributed by atoms with van der Waals surface area (Å²) in [6.07, 6.45) is 0.709. The summed E-state index contributed by atoms with van der Waals surface area (Å²) in [4.78, 5) is 12.1. The van der Waals surface area contributed by atoms with E-state index in [0.29, 0.717) is 24.6 Å². The lowest BCUT2D eigenvalue weighted by Crippen LogP contribution is -2.47. The molecule has 126 valence electrons. The Balaban J connectivity index is 1.52. The van der Waals surface area contributed by atoms with Crippen LogP contribution in [0.5, 0.6) is 11.5 Å². The van der Waals surface area contributed by atoms with Crippen molar-refractivity contribution in [3.63, 3.8) is 0 Å². The molecular weight excluding hydrogens is 328 g/mol. The Morgan fingerprint density at radius 2 is 2.08 bits per heavy atom. The predicted octanol–water partition coefficient (Wildman–Crippen LogP) is 3.15. The molecule has 2 aromatic carbocycles. The van der Waals surface area contributed by atoms with Crippen molar-refractivity contribution in [1.82, 2.24) is 10.6 Å². The number of benzene rings is 2. The Morgan fingerprint density at radius 3 is 2.83 bits per heavy atom. The number of carbonyl (C=O) groups excluding carboxylic acids is 1. The molecule has 0 aromatic heterocycles. The van der Waals surface area contributed by atoms with Crippen molar-refractivity contribution in [2.75, 3.05) is 13.7 Å². The molecule has 5 nitrogen and oxygen atoms in total. The standard InChI is InChI=1S/C18H19ClN2O3/c1-23-16-6-7-17-13(9-16)8-15(11-24-17)21-18(22)20-10-12-2-4-14(19)5-3-12/h2-7,9,15H,8,10-11H2,1H3,(H2,20,21,22)/t15-/m1/s1. The molecule has 2 amide bonds. The number of methoxy groups -OCH3 is 1. The predicted molar refractivity (Wildman–Crippen MR) is 92.8 cm³/mol. The summed E-state index contributed by atoms with van der Waals surface area (Å²) in [5.41, 5.74) is 2.02. The van der Waals surface area contributed by atoms with E-state index in [2.05, 4.69) is 10.6 Å². The number of rotatable bonds is 4. The van der Waals surface area contributed by atoms with Crippen molar-refractivity contribution in [2.24, 2.45) is 0 Å². The third kappa shape index (κ3) is 4.11. The van der Waals surface area contributed by atoms with Gasteiger partial charge in [0.25, 0.3) is 0 Å². The lowest BCUT2D eigenvalue weighted by molar-refractivity contribution is 0.214. The van der Waals surface area contributed by atoms with E-state index in [1.54, 1.807) is 19.2 Å². The van der Waals surface area contributed by atoms with Gasteiger partial charge in [0.1, 0.15) is 18.1 Å². The van der Waals surface area contributed by atoms with Gasteiger partial charge in [0.05, 0.1) is 13.2 Å². The Morgan fingerprint density at radius 1 is 1.29 bits per heavy atom. The number of ether oxygens (including phenoxy) is 2. The number of urea groups is 1. The molecule has 0 saturated carbocycles. The van der Waals surface area contributed by atoms with Crippen LogP contribution in [0.15, 0.2) is 42.5 Å². The van der Waals surface area contributed by atoms with E-state index in [1.807, 2.05) is 30.3 Å². The number of nitrogens with one attached hydrogen (secondary N) is 2. The third-order valence-corrected chi connectivity index (χ3v) is 4.13. The van der Waals surface area contributed by atoms with Crippen LogP contribution in [0.3, 0.4) is 0 Å². The minimum atomic E-state index is -0.218. The van der Waals surface area contributed by atoms with Gasteiger partial charge in [-0.15, -0.1) is 0 Å². The third-order valence-electron chi connectivity index (χ3n) is 3.88. The molecule has 6 heteroatoms. The smallest absolute Gasteiger partial charge is 0.315 e. The van der Waals surface area contributed by atoms with Crippen molar-refractivity contribution in [2.45, 2.75) is 19.0 Å². The monoisotopic (exact) mass is 346 g/mol. The van der Waals surface area contributed by atoms with Crippen LogP contribution in [0, 0.1) is 0 Å². The van der Waals surface area contributed by atoms with Gasteiger partial charge in [-0.2, -0.15) is 0 Å². The Bertz CT molecular complexity index is 719. The lowest BCUT2D eigenvalue weighted by Gasteiger charge is -2.26. The molecule has 0 radical (unpaired) electrons. The van der Waals surface area contributed by atoms with Crippen LogP contribution in [-0.2, 0) is 13.0 Å². The summed E-state index contributed by atoms with van der Waals surface area (Å²) >= 11 is 5.84. The molecule has 1 heterocycles. The lowest BCUT2D eigenvalue weighted by atomic mass is 10.0. The minimum Gasteiger partial charge on any atom is -0.497 e. The van der Waals surface area contributed by atoms with Gasteiger partial charge in [0, 0.05) is 11.6 Å². The molecular formula is C18H19ClN2O3. The maximum atomic E-state index is 12.1. The molecule has 1 aliphatic heterocycles. The van der Waals surface area contributed by atoms with Gasteiger partial charge in [-0.25, -0.2) is 4.79 Å². The summed E-state index contributed by atoms with van der Waals surface area (Å²) < 4.78 is 10.9. The topological polar surface area (TPSA) is 59.6 Å². The number of carbonyl (C=O) groups is 1. The van der Waals surface area contributed by atoms with E-state index in [0.717, 1.165) is 22.6 Å². The highest BCUT2D eigenvalue weighted by molar-refractivity contribution is 6.30. The summed E-state index contributed by atoms with van der Waals surface area (Å²) in [5.74, 6) is 1.63. The first-order chi connectivity index (χ1) is 11.6. The first-order valence-corrected chi connectivity index (χ1v) is 8.10. The Kier molecular flexibility index (Phi) is 5.11. The van der Waals surface area contributed by atoms with Crippen LogP contribution in [0.2, 0.25) is 5.02 Å². The van der Waals surface area contributed by atoms with Crippen LogP contribution < -0.4 is 20.1 Å². The van der Waals surface area contributed by atoms with E-state index in [-0.39, 0.29) is 12.1 Å². The minimum absolute atomic E-state index is 0.0742. The summed E-state index contributed by atoms with van der Waals surface area (Å²) in [5, 5.41) is 6.45. The highest BCUT2D eigenvalue weighted by Crippen LogP contribution is 2.28. The zero-order chi connectivity index (χ0) is 16.9. The van der Waals surface area contributed by atoms with Crippen LogP contribution >= 0.6 is 11.6 Å². The van der Waals surface area contributed by atoms with Crippen LogP contribution in [0.4, 0.5) is 4.79 Å². The zero-order valence-corrected chi connectivity index (χ0v) is 14.1. The molecule has 0 saturated heterocycles. The SMILES string of the molecule is COc1ccc2c(c1)C[C@@H](NC(=O)NCc1ccc(Cl)cc1)CO2. The van der Waals surface area contributed by atoms with Gasteiger partial charge in [0.2, 0.25) is 0 Å². The maximum absolute atomic E-state index is 12.1. The Hall–Kier alpha value is -2.40. The summed E-state index contributed by atoms with van der Waals surface area (Å²) in [6, 6.07) is 12.8. The molecule has 3 rings (SSSR count). The first-order valence-electron chi connectivity index (χ1n) is 7.72. The van der Waals surface area contributed by atoms with Gasteiger partial charge in [-0.1, -0.05) is 23.7 Å². The van der Waals surface area contributed by atoms with Gasteiger partial charge in [0.15, 0.2) is 0 Å². The maximum Gasteiger partial charge on any atom is 0.315 e. The van der Waals surface area contributed by atoms with Gasteiger partial charge < -0.3 is 20.1 Å². The second-order valence-electron chi connectivity index (χ2n) is 5.64. The van der Waals surface area contributed by atoms with Crippen molar-refractivity contribution >= 4 is 17.6 Å². The molecule has 0 bridgehead atoms. The Labute approximate surface area is 145 Å². The quantitative estimate of drug-likeness (QED) is 0.894. The number of amides is 2. The molecule has 2 N–H and O–H groups in total. The van der Waals surface area contributed by atoms with Crippen LogP contribution in [0.1, 0.15) is 11.1 Å². The second-order valence-corrected chi connectivity index (χ2v) is 6.08. The highest BCUT2D eigenvalue weighted by atomic mass is 35.5. The molecule has 0 unspecified atom stereocenters. The van der Waals surface area contributed by atoms with Gasteiger partial charge in [-0.3, -0.25) is 0 Å². The van der Waals surface area contributed by atoms with E-state index >= 15 is 0 Å². The number of halogens is 1.